The molecule has 0 aromatic heterocycles. The van der Waals surface area contributed by atoms with Crippen LogP contribution in [0.5, 0.6) is 0 Å². The molecule has 0 atom stereocenters. The summed E-state index contributed by atoms with van der Waals surface area (Å²) in [5.74, 6) is 0. The van der Waals surface area contributed by atoms with Gasteiger partial charge >= 0.3 is 0 Å². The van der Waals surface area contributed by atoms with Crippen molar-refractivity contribution in [1.82, 2.24) is 0 Å². The van der Waals surface area contributed by atoms with Gasteiger partial charge in [-0.15, -0.1) is 0 Å². The quantitative estimate of drug-likeness (QED) is 0.535. The Morgan fingerprint density at radius 2 is 1.38 bits per heavy atom. The topological polar surface area (TPSA) is 48.4 Å². The van der Waals surface area contributed by atoms with Gasteiger partial charge in [0.1, 0.15) is 0 Å². The predicted molar refractivity (Wildman–Crippen MR) is 102 cm³/mol. The van der Waals surface area contributed by atoms with Crippen LogP contribution in [0.25, 0.3) is 21.5 Å². The molecule has 3 aromatic carbocycles. The zero-order valence-corrected chi connectivity index (χ0v) is 14.1. The fraction of sp³-hybridized carbons (Fsp3) is 0.0435. The summed E-state index contributed by atoms with van der Waals surface area (Å²) in [5, 5.41) is 18.6. The molecule has 0 amide bonds. The van der Waals surface area contributed by atoms with Gasteiger partial charge in [0.2, 0.25) is 0 Å². The maximum atomic E-state index is 9.39. The van der Waals surface area contributed by atoms with Crippen LogP contribution in [0.3, 0.4) is 0 Å². The van der Waals surface area contributed by atoms with Crippen LogP contribution in [-0.4, -0.2) is 5.11 Å². The van der Waals surface area contributed by atoms with Gasteiger partial charge in [-0.05, 0) is 27.8 Å². The fourth-order valence-corrected chi connectivity index (χ4v) is 2.81. The normalized spacial score (nSPS) is 11.2. The lowest BCUT2D eigenvalue weighted by Crippen LogP contribution is -1.93. The Morgan fingerprint density at radius 1 is 0.846 bits per heavy atom. The van der Waals surface area contributed by atoms with E-state index < -0.39 is 0 Å². The van der Waals surface area contributed by atoms with E-state index in [0.29, 0.717) is 5.57 Å². The monoisotopic (exact) mass is 336 g/mol. The summed E-state index contributed by atoms with van der Waals surface area (Å²) in [5.41, 5.74) is 5.22. The molecule has 3 aromatic rings. The lowest BCUT2D eigenvalue weighted by molar-refractivity contribution is 0.282. The first kappa shape index (κ1) is 17.2. The molecule has 0 aliphatic carbocycles. The third-order valence-corrected chi connectivity index (χ3v) is 4.16. The molecular formula is C23H16N2O. The van der Waals surface area contributed by atoms with Gasteiger partial charge in [0, 0.05) is 5.57 Å². The number of hydrogen-bond acceptors (Lipinski definition) is 2. The van der Waals surface area contributed by atoms with Crippen LogP contribution >= 0.6 is 0 Å². The molecule has 1 N–H and O–H groups in total. The summed E-state index contributed by atoms with van der Waals surface area (Å²) in [7, 11) is 0. The van der Waals surface area contributed by atoms with Crippen LogP contribution in [-0.2, 0) is 6.61 Å². The third kappa shape index (κ3) is 3.54. The number of nitrogens with zero attached hydrogens (tertiary/aromatic N) is 2. The second kappa shape index (κ2) is 7.94. The van der Waals surface area contributed by atoms with Gasteiger partial charge in [0.05, 0.1) is 19.2 Å². The molecule has 0 fully saturated rings. The lowest BCUT2D eigenvalue weighted by atomic mass is 9.93. The number of aliphatic hydroxyl groups excluding tert-OH is 1. The van der Waals surface area contributed by atoms with Crippen molar-refractivity contribution < 1.29 is 5.11 Å². The Kier molecular flexibility index (Phi) is 5.25. The van der Waals surface area contributed by atoms with Crippen molar-refractivity contribution in [3.63, 3.8) is 0 Å². The minimum Gasteiger partial charge on any atom is -0.392 e. The first-order valence-electron chi connectivity index (χ1n) is 8.14. The average molecular weight is 336 g/mol. The molecule has 0 aliphatic heterocycles. The smallest absolute Gasteiger partial charge is 0.270 e. The Bertz CT molecular complexity index is 987. The second-order valence-corrected chi connectivity index (χ2v) is 5.75. The van der Waals surface area contributed by atoms with E-state index >= 15 is 0 Å². The van der Waals surface area contributed by atoms with Crippen LogP contribution < -0.4 is 0 Å². The van der Waals surface area contributed by atoms with E-state index in [1.807, 2.05) is 72.8 Å². The van der Waals surface area contributed by atoms with E-state index in [-0.39, 0.29) is 12.3 Å². The third-order valence-electron chi connectivity index (χ3n) is 4.16. The van der Waals surface area contributed by atoms with Crippen molar-refractivity contribution in [3.8, 4) is 17.2 Å². The van der Waals surface area contributed by atoms with E-state index in [0.717, 1.165) is 27.8 Å². The van der Waals surface area contributed by atoms with Gasteiger partial charge in [-0.1, -0.05) is 78.9 Å². The van der Waals surface area contributed by atoms with Crippen LogP contribution in [0.4, 0.5) is 0 Å². The zero-order chi connectivity index (χ0) is 18.4. The fourth-order valence-electron chi connectivity index (χ4n) is 2.81. The van der Waals surface area contributed by atoms with Crippen molar-refractivity contribution in [2.45, 2.75) is 6.61 Å². The number of aliphatic hydroxyl groups is 1. The molecule has 0 saturated carbocycles. The minimum atomic E-state index is -0.0426. The zero-order valence-electron chi connectivity index (χ0n) is 14.1. The number of hydrogen-bond donors (Lipinski definition) is 1. The molecule has 3 rings (SSSR count). The van der Waals surface area contributed by atoms with Gasteiger partial charge in [-0.3, -0.25) is 0 Å². The van der Waals surface area contributed by atoms with E-state index in [2.05, 4.69) is 4.85 Å². The molecule has 0 radical (unpaired) electrons. The van der Waals surface area contributed by atoms with Crippen LogP contribution in [0, 0.1) is 17.9 Å². The summed E-state index contributed by atoms with van der Waals surface area (Å²) in [4.78, 5) is 3.40. The first-order valence-corrected chi connectivity index (χ1v) is 8.14. The predicted octanol–water partition coefficient (Wildman–Crippen LogP) is 5.05. The summed E-state index contributed by atoms with van der Waals surface area (Å²) in [6.45, 7) is 7.31. The van der Waals surface area contributed by atoms with Crippen molar-refractivity contribution in [2.24, 2.45) is 0 Å². The molecule has 0 heterocycles. The highest BCUT2D eigenvalue weighted by molar-refractivity contribution is 5.86. The highest BCUT2D eigenvalue weighted by Crippen LogP contribution is 2.30. The Morgan fingerprint density at radius 3 is 1.88 bits per heavy atom. The summed E-state index contributed by atoms with van der Waals surface area (Å²) in [6.07, 6.45) is 0. The molecule has 124 valence electrons. The molecule has 0 saturated heterocycles. The highest BCUT2D eigenvalue weighted by Gasteiger charge is 2.12. The molecule has 0 spiro atoms. The van der Waals surface area contributed by atoms with Crippen molar-refractivity contribution in [3.05, 3.63) is 113 Å². The van der Waals surface area contributed by atoms with Gasteiger partial charge in [-0.25, -0.2) is 10.1 Å². The van der Waals surface area contributed by atoms with Gasteiger partial charge < -0.3 is 5.11 Å². The van der Waals surface area contributed by atoms with Gasteiger partial charge in [0.25, 0.3) is 5.70 Å². The van der Waals surface area contributed by atoms with Crippen LogP contribution in [0.1, 0.15) is 16.7 Å². The maximum absolute atomic E-state index is 9.39. The molecular weight excluding hydrogens is 320 g/mol. The summed E-state index contributed by atoms with van der Waals surface area (Å²) < 4.78 is 0. The number of allylic oxidation sites excluding steroid dienone is 1. The van der Waals surface area contributed by atoms with E-state index in [1.54, 1.807) is 12.1 Å². The SMILES string of the molecule is [C-]#[N+]/C(C#N)=C(\c1ccc(CO)cc1)c1ccc(-c2ccccc2)cc1. The van der Waals surface area contributed by atoms with Crippen molar-refractivity contribution in [1.29, 1.82) is 5.26 Å². The van der Waals surface area contributed by atoms with Crippen molar-refractivity contribution in [2.75, 3.05) is 0 Å². The lowest BCUT2D eigenvalue weighted by Gasteiger charge is -2.11. The largest absolute Gasteiger partial charge is 0.392 e. The molecule has 26 heavy (non-hydrogen) atoms. The minimum absolute atomic E-state index is 0.0426. The molecule has 3 heteroatoms. The molecule has 0 aliphatic rings. The second-order valence-electron chi connectivity index (χ2n) is 5.75. The van der Waals surface area contributed by atoms with Gasteiger partial charge in [0.15, 0.2) is 0 Å². The van der Waals surface area contributed by atoms with Crippen molar-refractivity contribution >= 4 is 5.57 Å². The molecule has 0 unspecified atom stereocenters. The van der Waals surface area contributed by atoms with E-state index in [4.69, 9.17) is 6.57 Å². The summed E-state index contributed by atoms with van der Waals surface area (Å²) in [6, 6.07) is 27.1. The van der Waals surface area contributed by atoms with Crippen LogP contribution in [0.15, 0.2) is 84.6 Å². The highest BCUT2D eigenvalue weighted by atomic mass is 16.3. The standard InChI is InChI=1S/C23H16N2O/c1-25-22(15-24)23(20-9-7-17(16-26)8-10-20)21-13-11-19(12-14-21)18-5-3-2-4-6-18/h2-14,26H,16H2/b23-22+. The Labute approximate surface area is 152 Å². The summed E-state index contributed by atoms with van der Waals surface area (Å²) >= 11 is 0. The van der Waals surface area contributed by atoms with Crippen LogP contribution in [0.2, 0.25) is 0 Å². The van der Waals surface area contributed by atoms with Gasteiger partial charge in [-0.2, -0.15) is 0 Å². The Hall–Kier alpha value is -3.66. The number of benzene rings is 3. The number of nitriles is 1. The molecule has 0 bridgehead atoms. The first-order chi connectivity index (χ1) is 12.8. The maximum Gasteiger partial charge on any atom is 0.270 e. The average Bonchev–Trinajstić information content (AvgIpc) is 2.73. The molecule has 3 nitrogen and oxygen atoms in total. The number of rotatable bonds is 4. The van der Waals surface area contributed by atoms with E-state index in [9.17, 15) is 10.4 Å². The Balaban J connectivity index is 2.07. The van der Waals surface area contributed by atoms with E-state index in [1.165, 1.54) is 0 Å².